The van der Waals surface area contributed by atoms with Gasteiger partial charge in [0.15, 0.2) is 0 Å². The maximum atomic E-state index is 9.11. The van der Waals surface area contributed by atoms with Crippen molar-refractivity contribution >= 4 is 11.3 Å². The molecule has 2 atom stereocenters. The highest BCUT2D eigenvalue weighted by Crippen LogP contribution is 2.18. The van der Waals surface area contributed by atoms with Crippen LogP contribution >= 0.6 is 11.3 Å². The third-order valence-electron chi connectivity index (χ3n) is 1.82. The number of nitrogens with zero attached hydrogens (tertiary/aromatic N) is 1. The summed E-state index contributed by atoms with van der Waals surface area (Å²) < 4.78 is 0. The van der Waals surface area contributed by atoms with E-state index in [1.54, 1.807) is 18.3 Å². The molecule has 0 spiro atoms. The quantitative estimate of drug-likeness (QED) is 0.758. The van der Waals surface area contributed by atoms with E-state index in [9.17, 15) is 0 Å². The van der Waals surface area contributed by atoms with E-state index in [1.807, 2.05) is 11.6 Å². The maximum absolute atomic E-state index is 9.11. The van der Waals surface area contributed by atoms with Gasteiger partial charge in [-0.1, -0.05) is 6.92 Å². The fourth-order valence-corrected chi connectivity index (χ4v) is 1.92. The molecule has 0 saturated carbocycles. The molecule has 0 saturated heterocycles. The number of nitrogens with one attached hydrogen (secondary N) is 1. The fraction of sp³-hybridized carbons (Fsp3) is 0.667. The van der Waals surface area contributed by atoms with Crippen molar-refractivity contribution in [3.05, 3.63) is 16.6 Å². The number of hydrogen-bond acceptors (Lipinski definition) is 4. The Morgan fingerprint density at radius 1 is 1.69 bits per heavy atom. The second kappa shape index (κ2) is 5.32. The number of aliphatic hydroxyl groups is 1. The van der Waals surface area contributed by atoms with Gasteiger partial charge in [0.25, 0.3) is 0 Å². The molecular weight excluding hydrogens is 184 g/mol. The molecule has 74 valence electrons. The first kappa shape index (κ1) is 10.6. The Bertz CT molecular complexity index is 224. The van der Waals surface area contributed by atoms with E-state index in [-0.39, 0.29) is 12.1 Å². The van der Waals surface area contributed by atoms with Crippen molar-refractivity contribution in [2.45, 2.75) is 32.4 Å². The molecule has 1 unspecified atom stereocenters. The highest BCUT2D eigenvalue weighted by molar-refractivity contribution is 7.09. The van der Waals surface area contributed by atoms with E-state index >= 15 is 0 Å². The molecule has 0 aliphatic carbocycles. The third-order valence-corrected chi connectivity index (χ3v) is 2.71. The largest absolute Gasteiger partial charge is 0.392 e. The first-order chi connectivity index (χ1) is 6.24. The summed E-state index contributed by atoms with van der Waals surface area (Å²) in [6, 6.07) is 0.287. The van der Waals surface area contributed by atoms with Crippen LogP contribution in [0.2, 0.25) is 0 Å². The van der Waals surface area contributed by atoms with E-state index in [1.165, 1.54) is 0 Å². The average molecular weight is 200 g/mol. The lowest BCUT2D eigenvalue weighted by atomic mass is 10.2. The summed E-state index contributed by atoms with van der Waals surface area (Å²) in [6.45, 7) is 4.51. The van der Waals surface area contributed by atoms with Gasteiger partial charge in [0, 0.05) is 18.1 Å². The van der Waals surface area contributed by atoms with Gasteiger partial charge >= 0.3 is 0 Å². The molecule has 4 heteroatoms. The predicted octanol–water partition coefficient (Wildman–Crippen LogP) is 1.56. The molecule has 0 aliphatic rings. The van der Waals surface area contributed by atoms with Crippen LogP contribution in [0.4, 0.5) is 0 Å². The summed E-state index contributed by atoms with van der Waals surface area (Å²) >= 11 is 1.65. The fourth-order valence-electron chi connectivity index (χ4n) is 1.13. The van der Waals surface area contributed by atoms with Crippen LogP contribution in [0.3, 0.4) is 0 Å². The van der Waals surface area contributed by atoms with Crippen molar-refractivity contribution in [2.24, 2.45) is 0 Å². The molecule has 13 heavy (non-hydrogen) atoms. The normalized spacial score (nSPS) is 15.6. The Morgan fingerprint density at radius 3 is 2.92 bits per heavy atom. The molecule has 3 nitrogen and oxygen atoms in total. The maximum Gasteiger partial charge on any atom is 0.109 e. The Kier molecular flexibility index (Phi) is 4.35. The number of thiazole rings is 1. The smallest absolute Gasteiger partial charge is 0.109 e. The van der Waals surface area contributed by atoms with Crippen LogP contribution < -0.4 is 5.32 Å². The standard InChI is InChI=1S/C9H16N2OS/c1-3-8(11-6-7(2)12)9-10-4-5-13-9/h4-5,7-8,11-12H,3,6H2,1-2H3/t7-,8?/m1/s1. The van der Waals surface area contributed by atoms with Crippen molar-refractivity contribution in [3.63, 3.8) is 0 Å². The topological polar surface area (TPSA) is 45.1 Å². The zero-order valence-corrected chi connectivity index (χ0v) is 8.84. The van der Waals surface area contributed by atoms with Gasteiger partial charge in [-0.25, -0.2) is 4.98 Å². The summed E-state index contributed by atoms with van der Waals surface area (Å²) in [5.74, 6) is 0. The Hall–Kier alpha value is -0.450. The average Bonchev–Trinajstić information content (AvgIpc) is 2.58. The summed E-state index contributed by atoms with van der Waals surface area (Å²) in [6.07, 6.45) is 2.52. The Morgan fingerprint density at radius 2 is 2.46 bits per heavy atom. The molecule has 0 amide bonds. The van der Waals surface area contributed by atoms with Crippen molar-refractivity contribution in [3.8, 4) is 0 Å². The molecule has 1 rings (SSSR count). The number of aromatic nitrogens is 1. The van der Waals surface area contributed by atoms with Crippen LogP contribution in [0.5, 0.6) is 0 Å². The van der Waals surface area contributed by atoms with Gasteiger partial charge in [0.1, 0.15) is 5.01 Å². The lowest BCUT2D eigenvalue weighted by Gasteiger charge is -2.15. The van der Waals surface area contributed by atoms with Crippen molar-refractivity contribution in [1.29, 1.82) is 0 Å². The SMILES string of the molecule is CCC(NC[C@@H](C)O)c1nccs1. The summed E-state index contributed by atoms with van der Waals surface area (Å²) in [5, 5.41) is 15.5. The predicted molar refractivity (Wildman–Crippen MR) is 54.8 cm³/mol. The third kappa shape index (κ3) is 3.42. The zero-order chi connectivity index (χ0) is 9.68. The number of rotatable bonds is 5. The van der Waals surface area contributed by atoms with E-state index in [0.717, 1.165) is 11.4 Å². The molecule has 0 bridgehead atoms. The van der Waals surface area contributed by atoms with Gasteiger partial charge in [-0.3, -0.25) is 0 Å². The zero-order valence-electron chi connectivity index (χ0n) is 8.03. The summed E-state index contributed by atoms with van der Waals surface area (Å²) in [5.41, 5.74) is 0. The van der Waals surface area contributed by atoms with Crippen LogP contribution in [-0.2, 0) is 0 Å². The monoisotopic (exact) mass is 200 g/mol. The van der Waals surface area contributed by atoms with E-state index in [2.05, 4.69) is 17.2 Å². The highest BCUT2D eigenvalue weighted by Gasteiger charge is 2.11. The molecule has 1 aromatic heterocycles. The van der Waals surface area contributed by atoms with Crippen LogP contribution in [0.15, 0.2) is 11.6 Å². The van der Waals surface area contributed by atoms with E-state index < -0.39 is 0 Å². The van der Waals surface area contributed by atoms with Crippen molar-refractivity contribution in [2.75, 3.05) is 6.54 Å². The second-order valence-electron chi connectivity index (χ2n) is 3.09. The first-order valence-corrected chi connectivity index (χ1v) is 5.42. The van der Waals surface area contributed by atoms with Gasteiger partial charge in [0.05, 0.1) is 12.1 Å². The molecule has 0 fully saturated rings. The van der Waals surface area contributed by atoms with Gasteiger partial charge in [-0.15, -0.1) is 11.3 Å². The molecular formula is C9H16N2OS. The van der Waals surface area contributed by atoms with E-state index in [4.69, 9.17) is 5.11 Å². The molecule has 0 aromatic carbocycles. The minimum Gasteiger partial charge on any atom is -0.392 e. The Balaban J connectivity index is 2.44. The molecule has 0 aliphatic heterocycles. The van der Waals surface area contributed by atoms with Gasteiger partial charge in [-0.2, -0.15) is 0 Å². The van der Waals surface area contributed by atoms with Crippen molar-refractivity contribution < 1.29 is 5.11 Å². The molecule has 2 N–H and O–H groups in total. The van der Waals surface area contributed by atoms with E-state index in [0.29, 0.717) is 6.54 Å². The molecule has 1 aromatic rings. The van der Waals surface area contributed by atoms with Crippen molar-refractivity contribution in [1.82, 2.24) is 10.3 Å². The minimum atomic E-state index is -0.297. The number of aliphatic hydroxyl groups excluding tert-OH is 1. The molecule has 0 radical (unpaired) electrons. The van der Waals surface area contributed by atoms with Crippen LogP contribution in [-0.4, -0.2) is 22.7 Å². The van der Waals surface area contributed by atoms with Gasteiger partial charge in [0.2, 0.25) is 0 Å². The number of hydrogen-bond donors (Lipinski definition) is 2. The lowest BCUT2D eigenvalue weighted by Crippen LogP contribution is -2.28. The van der Waals surface area contributed by atoms with Crippen LogP contribution in [0.1, 0.15) is 31.3 Å². The highest BCUT2D eigenvalue weighted by atomic mass is 32.1. The summed E-state index contributed by atoms with van der Waals surface area (Å²) in [4.78, 5) is 4.24. The van der Waals surface area contributed by atoms with Crippen LogP contribution in [0.25, 0.3) is 0 Å². The Labute approximate surface area is 82.8 Å². The van der Waals surface area contributed by atoms with Gasteiger partial charge < -0.3 is 10.4 Å². The summed E-state index contributed by atoms with van der Waals surface area (Å²) in [7, 11) is 0. The lowest BCUT2D eigenvalue weighted by molar-refractivity contribution is 0.185. The van der Waals surface area contributed by atoms with Gasteiger partial charge in [-0.05, 0) is 13.3 Å². The minimum absolute atomic E-state index is 0.287. The molecule has 1 heterocycles. The second-order valence-corrected chi connectivity index (χ2v) is 4.01. The first-order valence-electron chi connectivity index (χ1n) is 4.55. The van der Waals surface area contributed by atoms with Crippen LogP contribution in [0, 0.1) is 0 Å².